The van der Waals surface area contributed by atoms with E-state index < -0.39 is 21.3 Å². The number of aryl methyl sites for hydroxylation is 1. The van der Waals surface area contributed by atoms with Gasteiger partial charge in [-0.1, -0.05) is 0 Å². The monoisotopic (exact) mass is 574 g/mol. The molecule has 2 aliphatic rings. The van der Waals surface area contributed by atoms with Crippen molar-refractivity contribution in [1.82, 2.24) is 0 Å². The second kappa shape index (κ2) is 10.3. The van der Waals surface area contributed by atoms with E-state index >= 15 is 0 Å². The fourth-order valence-electron chi connectivity index (χ4n) is 5.90. The Labute approximate surface area is 228 Å². The first kappa shape index (κ1) is 29.5. The van der Waals surface area contributed by atoms with Crippen molar-refractivity contribution in [2.45, 2.75) is 92.9 Å². The van der Waals surface area contributed by atoms with Crippen molar-refractivity contribution in [1.29, 1.82) is 0 Å². The van der Waals surface area contributed by atoms with Gasteiger partial charge in [0.2, 0.25) is 0 Å². The summed E-state index contributed by atoms with van der Waals surface area (Å²) in [6.07, 6.45) is 9.36. The number of halogens is 2. The molecular weight excluding hydrogens is 534 g/mol. The second-order valence-electron chi connectivity index (χ2n) is 12.2. The molecule has 0 bridgehead atoms. The fourth-order valence-corrected chi connectivity index (χ4v) is 13.5. The van der Waals surface area contributed by atoms with Crippen LogP contribution in [0.5, 0.6) is 0 Å². The maximum absolute atomic E-state index is 2.56. The van der Waals surface area contributed by atoms with Gasteiger partial charge in [0.05, 0.1) is 0 Å². The van der Waals surface area contributed by atoms with Crippen LogP contribution in [0, 0.1) is 13.8 Å². The summed E-state index contributed by atoms with van der Waals surface area (Å²) in [5, 5.41) is 0. The molecule has 0 amide bonds. The summed E-state index contributed by atoms with van der Waals surface area (Å²) in [6, 6.07) is 7.59. The quantitative estimate of drug-likeness (QED) is 0.287. The standard InChI is InChI=1S/C23H29.C5H5.C3H6.2ClH.Zr/c1-14-9-16-11-17-10-15(2)21(23(6,7)8)13-19(17)18(16)12-20(14)22(3,4)5;1-2-4-5-3-1;1-3-2;;;/h9,12-13H,11H2,1-8H3;1-3H,4H2;1-2H3;2*1H;. The Morgan fingerprint density at radius 3 is 1.91 bits per heavy atom. The number of fused-ring (bicyclic) bond motifs is 3. The van der Waals surface area contributed by atoms with Crippen molar-refractivity contribution in [3.8, 4) is 11.1 Å². The van der Waals surface area contributed by atoms with Crippen LogP contribution in [0.4, 0.5) is 0 Å². The number of benzene rings is 2. The van der Waals surface area contributed by atoms with E-state index in [-0.39, 0.29) is 35.6 Å². The Hall–Kier alpha value is -0.747. The molecule has 184 valence electrons. The van der Waals surface area contributed by atoms with E-state index in [1.54, 1.807) is 26.4 Å². The zero-order chi connectivity index (χ0) is 23.6. The van der Waals surface area contributed by atoms with Gasteiger partial charge in [-0.2, -0.15) is 0 Å². The molecule has 0 saturated heterocycles. The third-order valence-corrected chi connectivity index (χ3v) is 15.1. The molecule has 0 spiro atoms. The molecule has 2 aliphatic carbocycles. The zero-order valence-electron chi connectivity index (χ0n) is 22.7. The van der Waals surface area contributed by atoms with Gasteiger partial charge in [0.25, 0.3) is 0 Å². The predicted molar refractivity (Wildman–Crippen MR) is 154 cm³/mol. The predicted octanol–water partition coefficient (Wildman–Crippen LogP) is 8.61. The van der Waals surface area contributed by atoms with Crippen LogP contribution in [0.3, 0.4) is 0 Å². The summed E-state index contributed by atoms with van der Waals surface area (Å²) in [5.41, 5.74) is 12.6. The summed E-state index contributed by atoms with van der Waals surface area (Å²) in [4.78, 5) is 0. The SMILES string of the molecule is C[C](C)=[Zr]([C]1=CC=CC1)[c]1c(C)c(C(C)(C)C)cc2c1Cc1cc(C)c(C(C)(C)C)cc1-2.Cl.Cl. The molecule has 0 unspecified atom stereocenters. The molecule has 0 radical (unpaired) electrons. The minimum absolute atomic E-state index is 0. The molecule has 0 aliphatic heterocycles. The first-order chi connectivity index (χ1) is 14.8. The average Bonchev–Trinajstić information content (AvgIpc) is 3.28. The first-order valence-corrected chi connectivity index (χ1v) is 15.8. The molecule has 0 nitrogen and oxygen atoms in total. The molecule has 2 aromatic carbocycles. The van der Waals surface area contributed by atoms with E-state index in [2.05, 4.69) is 106 Å². The van der Waals surface area contributed by atoms with Crippen LogP contribution in [-0.2, 0) is 38.5 Å². The largest absolute Gasteiger partial charge is 0.147 e. The molecule has 0 atom stereocenters. The average molecular weight is 577 g/mol. The zero-order valence-corrected chi connectivity index (χ0v) is 26.8. The van der Waals surface area contributed by atoms with Gasteiger partial charge in [0.15, 0.2) is 0 Å². The molecular formula is C31H42Cl2Zr. The summed E-state index contributed by atoms with van der Waals surface area (Å²) in [5.74, 6) is 0. The smallest absolute Gasteiger partial charge is 0.147 e. The maximum Gasteiger partial charge on any atom is -0.147 e. The van der Waals surface area contributed by atoms with Gasteiger partial charge < -0.3 is 0 Å². The van der Waals surface area contributed by atoms with Gasteiger partial charge in [-0.25, -0.2) is 0 Å². The second-order valence-corrected chi connectivity index (χ2v) is 19.3. The molecule has 0 heterocycles. The van der Waals surface area contributed by atoms with E-state index in [4.69, 9.17) is 0 Å². The molecule has 0 aromatic heterocycles. The number of rotatable bonds is 2. The number of hydrogen-bond donors (Lipinski definition) is 0. The van der Waals surface area contributed by atoms with Crippen LogP contribution in [0.15, 0.2) is 39.7 Å². The molecule has 0 fully saturated rings. The molecule has 3 heteroatoms. The number of hydrogen-bond acceptors (Lipinski definition) is 0. The van der Waals surface area contributed by atoms with E-state index in [1.807, 2.05) is 0 Å². The maximum atomic E-state index is 2.56. The van der Waals surface area contributed by atoms with Crippen LogP contribution < -0.4 is 3.27 Å². The van der Waals surface area contributed by atoms with E-state index in [9.17, 15) is 0 Å². The van der Waals surface area contributed by atoms with Crippen molar-refractivity contribution in [3.63, 3.8) is 0 Å². The summed E-state index contributed by atoms with van der Waals surface area (Å²) < 4.78 is 5.21. The third-order valence-electron chi connectivity index (χ3n) is 7.26. The van der Waals surface area contributed by atoms with Gasteiger partial charge in [-0.05, 0) is 0 Å². The van der Waals surface area contributed by atoms with Crippen molar-refractivity contribution >= 4 is 31.3 Å². The van der Waals surface area contributed by atoms with Crippen LogP contribution in [0.1, 0.15) is 95.2 Å². The van der Waals surface area contributed by atoms with Crippen molar-refractivity contribution in [2.75, 3.05) is 0 Å². The minimum atomic E-state index is -2.12. The number of allylic oxidation sites excluding steroid dienone is 4. The van der Waals surface area contributed by atoms with E-state index in [0.29, 0.717) is 0 Å². The van der Waals surface area contributed by atoms with Crippen molar-refractivity contribution in [2.24, 2.45) is 0 Å². The fraction of sp³-hybridized carbons (Fsp3) is 0.452. The molecule has 4 rings (SSSR count). The Balaban J connectivity index is 0.00000204. The van der Waals surface area contributed by atoms with Crippen molar-refractivity contribution < 1.29 is 21.3 Å². The Morgan fingerprint density at radius 2 is 1.41 bits per heavy atom. The van der Waals surface area contributed by atoms with Gasteiger partial charge >= 0.3 is 205 Å². The van der Waals surface area contributed by atoms with Crippen LogP contribution >= 0.6 is 24.8 Å². The molecule has 0 saturated carbocycles. The summed E-state index contributed by atoms with van der Waals surface area (Å²) in [6.45, 7) is 23.8. The van der Waals surface area contributed by atoms with Crippen molar-refractivity contribution in [3.05, 3.63) is 73.1 Å². The van der Waals surface area contributed by atoms with Gasteiger partial charge in [0, 0.05) is 0 Å². The van der Waals surface area contributed by atoms with Crippen LogP contribution in [-0.4, -0.2) is 3.21 Å². The molecule has 0 N–H and O–H groups in total. The van der Waals surface area contributed by atoms with Crippen LogP contribution in [0.2, 0.25) is 0 Å². The Bertz CT molecular complexity index is 1210. The van der Waals surface area contributed by atoms with E-state index in [1.165, 1.54) is 27.8 Å². The Morgan fingerprint density at radius 1 is 0.824 bits per heavy atom. The van der Waals surface area contributed by atoms with Gasteiger partial charge in [-0.3, -0.25) is 0 Å². The van der Waals surface area contributed by atoms with Gasteiger partial charge in [0.1, 0.15) is 0 Å². The van der Waals surface area contributed by atoms with Gasteiger partial charge in [-0.15, -0.1) is 24.8 Å². The molecule has 2 aromatic rings. The Kier molecular flexibility index (Phi) is 8.95. The topological polar surface area (TPSA) is 0 Å². The third kappa shape index (κ3) is 5.19. The minimum Gasteiger partial charge on any atom is -0.147 e. The van der Waals surface area contributed by atoms with E-state index in [0.717, 1.165) is 12.8 Å². The summed E-state index contributed by atoms with van der Waals surface area (Å²) in [7, 11) is 0. The molecule has 34 heavy (non-hydrogen) atoms. The first-order valence-electron chi connectivity index (χ1n) is 12.2. The summed E-state index contributed by atoms with van der Waals surface area (Å²) >= 11 is -2.12. The van der Waals surface area contributed by atoms with Crippen LogP contribution in [0.25, 0.3) is 11.1 Å². The normalized spacial score (nSPS) is 14.1.